The molecular formula is C14H23NO3. The molecule has 0 bridgehead atoms. The third-order valence-corrected chi connectivity index (χ3v) is 4.66. The first-order valence-corrected chi connectivity index (χ1v) is 7.02. The molecule has 0 unspecified atom stereocenters. The van der Waals surface area contributed by atoms with Crippen LogP contribution in [0.15, 0.2) is 0 Å². The van der Waals surface area contributed by atoms with Crippen LogP contribution in [-0.2, 0) is 9.59 Å². The number of carboxylic acids is 1. The molecule has 0 heterocycles. The molecule has 4 nitrogen and oxygen atoms in total. The van der Waals surface area contributed by atoms with Crippen LogP contribution < -0.4 is 5.32 Å². The van der Waals surface area contributed by atoms with Crippen molar-refractivity contribution in [2.45, 2.75) is 58.3 Å². The molecule has 2 aliphatic rings. The first-order valence-electron chi connectivity index (χ1n) is 7.02. The fourth-order valence-electron chi connectivity index (χ4n) is 2.95. The van der Waals surface area contributed by atoms with Gasteiger partial charge in [-0.1, -0.05) is 19.8 Å². The fraction of sp³-hybridized carbons (Fsp3) is 0.857. The second-order valence-corrected chi connectivity index (χ2v) is 6.14. The number of hydrogen-bond donors (Lipinski definition) is 2. The largest absolute Gasteiger partial charge is 0.481 e. The van der Waals surface area contributed by atoms with E-state index in [1.165, 1.54) is 12.8 Å². The highest BCUT2D eigenvalue weighted by Gasteiger charge is 2.46. The lowest BCUT2D eigenvalue weighted by molar-refractivity contribution is -0.157. The average Bonchev–Trinajstić information content (AvgIpc) is 3.01. The summed E-state index contributed by atoms with van der Waals surface area (Å²) < 4.78 is 0. The normalized spacial score (nSPS) is 22.9. The SMILES string of the molecule is CCCC1(CNC(=O)CC2(C(=O)O)CCC2)CC1. The van der Waals surface area contributed by atoms with Gasteiger partial charge < -0.3 is 10.4 Å². The molecule has 0 aromatic heterocycles. The van der Waals surface area contributed by atoms with E-state index in [-0.39, 0.29) is 12.3 Å². The summed E-state index contributed by atoms with van der Waals surface area (Å²) in [5.41, 5.74) is -0.425. The lowest BCUT2D eigenvalue weighted by atomic mass is 9.66. The second kappa shape index (κ2) is 4.90. The molecule has 0 spiro atoms. The van der Waals surface area contributed by atoms with Gasteiger partial charge in [-0.15, -0.1) is 0 Å². The van der Waals surface area contributed by atoms with Crippen LogP contribution in [0.5, 0.6) is 0 Å². The molecule has 0 aromatic carbocycles. The molecule has 2 rings (SSSR count). The number of hydrogen-bond acceptors (Lipinski definition) is 2. The zero-order valence-corrected chi connectivity index (χ0v) is 11.1. The van der Waals surface area contributed by atoms with Gasteiger partial charge in [0.05, 0.1) is 5.41 Å². The minimum absolute atomic E-state index is 0.0838. The van der Waals surface area contributed by atoms with Crippen LogP contribution in [0.4, 0.5) is 0 Å². The van der Waals surface area contributed by atoms with Gasteiger partial charge in [0.15, 0.2) is 0 Å². The van der Waals surface area contributed by atoms with Crippen LogP contribution in [0.25, 0.3) is 0 Å². The Bertz CT molecular complexity index is 343. The molecule has 18 heavy (non-hydrogen) atoms. The maximum atomic E-state index is 11.9. The van der Waals surface area contributed by atoms with E-state index >= 15 is 0 Å². The van der Waals surface area contributed by atoms with E-state index in [1.54, 1.807) is 0 Å². The smallest absolute Gasteiger partial charge is 0.310 e. The standard InChI is InChI=1S/C14H23NO3/c1-2-4-13(7-8-13)10-15-11(16)9-14(12(17)18)5-3-6-14/h2-10H2,1H3,(H,15,16)(H,17,18). The van der Waals surface area contributed by atoms with Crippen LogP contribution in [0.1, 0.15) is 58.3 Å². The molecular weight excluding hydrogens is 230 g/mol. The van der Waals surface area contributed by atoms with Crippen molar-refractivity contribution in [3.05, 3.63) is 0 Å². The fourth-order valence-corrected chi connectivity index (χ4v) is 2.95. The number of carbonyl (C=O) groups is 2. The molecule has 1 amide bonds. The first-order chi connectivity index (χ1) is 8.52. The highest BCUT2D eigenvalue weighted by atomic mass is 16.4. The molecule has 2 fully saturated rings. The monoisotopic (exact) mass is 253 g/mol. The van der Waals surface area contributed by atoms with Crippen molar-refractivity contribution in [3.63, 3.8) is 0 Å². The predicted octanol–water partition coefficient (Wildman–Crippen LogP) is 2.33. The Kier molecular flexibility index (Phi) is 3.64. The third-order valence-electron chi connectivity index (χ3n) is 4.66. The zero-order chi connectivity index (χ0) is 13.2. The molecule has 2 N–H and O–H groups in total. The Labute approximate surface area is 108 Å². The van der Waals surface area contributed by atoms with Crippen molar-refractivity contribution in [1.29, 1.82) is 0 Å². The van der Waals surface area contributed by atoms with Gasteiger partial charge >= 0.3 is 5.97 Å². The van der Waals surface area contributed by atoms with Crippen LogP contribution >= 0.6 is 0 Å². The van der Waals surface area contributed by atoms with Gasteiger partial charge in [-0.25, -0.2) is 0 Å². The van der Waals surface area contributed by atoms with E-state index in [0.717, 1.165) is 25.8 Å². The number of nitrogens with one attached hydrogen (secondary N) is 1. The zero-order valence-electron chi connectivity index (χ0n) is 11.1. The van der Waals surface area contributed by atoms with E-state index in [1.807, 2.05) is 0 Å². The Morgan fingerprint density at radius 1 is 1.22 bits per heavy atom. The van der Waals surface area contributed by atoms with Crippen molar-refractivity contribution >= 4 is 11.9 Å². The van der Waals surface area contributed by atoms with Crippen LogP contribution in [0, 0.1) is 10.8 Å². The number of aliphatic carboxylic acids is 1. The van der Waals surface area contributed by atoms with Gasteiger partial charge in [0.25, 0.3) is 0 Å². The van der Waals surface area contributed by atoms with Crippen molar-refractivity contribution in [2.75, 3.05) is 6.54 Å². The van der Waals surface area contributed by atoms with Crippen molar-refractivity contribution in [3.8, 4) is 0 Å². The Balaban J connectivity index is 1.77. The molecule has 0 radical (unpaired) electrons. The number of carbonyl (C=O) groups excluding carboxylic acids is 1. The Morgan fingerprint density at radius 2 is 1.89 bits per heavy atom. The first kappa shape index (κ1) is 13.4. The van der Waals surface area contributed by atoms with E-state index in [9.17, 15) is 14.7 Å². The van der Waals surface area contributed by atoms with Crippen molar-refractivity contribution in [1.82, 2.24) is 5.32 Å². The van der Waals surface area contributed by atoms with E-state index in [4.69, 9.17) is 0 Å². The van der Waals surface area contributed by atoms with Gasteiger partial charge in [-0.3, -0.25) is 9.59 Å². The Hall–Kier alpha value is -1.06. The average molecular weight is 253 g/mol. The molecule has 102 valence electrons. The Morgan fingerprint density at radius 3 is 2.28 bits per heavy atom. The number of rotatable bonds is 7. The van der Waals surface area contributed by atoms with Crippen molar-refractivity contribution < 1.29 is 14.7 Å². The van der Waals surface area contributed by atoms with Gasteiger partial charge in [0.2, 0.25) is 5.91 Å². The highest BCUT2D eigenvalue weighted by Crippen LogP contribution is 2.49. The molecule has 0 saturated heterocycles. The van der Waals surface area contributed by atoms with Gasteiger partial charge in [-0.2, -0.15) is 0 Å². The maximum Gasteiger partial charge on any atom is 0.310 e. The quantitative estimate of drug-likeness (QED) is 0.731. The summed E-state index contributed by atoms with van der Waals surface area (Å²) in [5.74, 6) is -0.891. The second-order valence-electron chi connectivity index (χ2n) is 6.14. The number of carboxylic acid groups (broad SMARTS) is 1. The molecule has 0 aliphatic heterocycles. The van der Waals surface area contributed by atoms with Crippen molar-refractivity contribution in [2.24, 2.45) is 10.8 Å². The lowest BCUT2D eigenvalue weighted by Gasteiger charge is -2.37. The summed E-state index contributed by atoms with van der Waals surface area (Å²) in [7, 11) is 0. The van der Waals surface area contributed by atoms with Gasteiger partial charge in [0, 0.05) is 13.0 Å². The summed E-state index contributed by atoms with van der Waals surface area (Å²) >= 11 is 0. The summed E-state index contributed by atoms with van der Waals surface area (Å²) in [5, 5.41) is 12.1. The summed E-state index contributed by atoms with van der Waals surface area (Å²) in [6, 6.07) is 0. The van der Waals surface area contributed by atoms with E-state index in [0.29, 0.717) is 18.3 Å². The van der Waals surface area contributed by atoms with Crippen LogP contribution in [-0.4, -0.2) is 23.5 Å². The molecule has 0 atom stereocenters. The molecule has 2 saturated carbocycles. The van der Waals surface area contributed by atoms with E-state index < -0.39 is 11.4 Å². The van der Waals surface area contributed by atoms with Gasteiger partial charge in [-0.05, 0) is 37.5 Å². The predicted molar refractivity (Wildman–Crippen MR) is 68.1 cm³/mol. The summed E-state index contributed by atoms with van der Waals surface area (Å²) in [4.78, 5) is 23.0. The third kappa shape index (κ3) is 2.68. The van der Waals surface area contributed by atoms with Crippen LogP contribution in [0.3, 0.4) is 0 Å². The maximum absolute atomic E-state index is 11.9. The van der Waals surface area contributed by atoms with Gasteiger partial charge in [0.1, 0.15) is 0 Å². The molecule has 4 heteroatoms. The molecule has 0 aromatic rings. The summed E-state index contributed by atoms with van der Waals surface area (Å²) in [6.07, 6.45) is 7.10. The van der Waals surface area contributed by atoms with Crippen LogP contribution in [0.2, 0.25) is 0 Å². The lowest BCUT2D eigenvalue weighted by Crippen LogP contribution is -2.43. The van der Waals surface area contributed by atoms with E-state index in [2.05, 4.69) is 12.2 Å². The topological polar surface area (TPSA) is 66.4 Å². The minimum atomic E-state index is -0.807. The molecule has 2 aliphatic carbocycles. The minimum Gasteiger partial charge on any atom is -0.481 e. The number of amides is 1. The summed E-state index contributed by atoms with van der Waals surface area (Å²) in [6.45, 7) is 2.89. The highest BCUT2D eigenvalue weighted by molar-refractivity contribution is 5.85.